The van der Waals surface area contributed by atoms with E-state index in [0.717, 1.165) is 49.7 Å². The van der Waals surface area contributed by atoms with Gasteiger partial charge in [-0.1, -0.05) is 58.8 Å². The second-order valence-corrected chi connectivity index (χ2v) is 9.08. The Bertz CT molecular complexity index is 689. The van der Waals surface area contributed by atoms with Gasteiger partial charge in [0, 0.05) is 23.9 Å². The molecule has 4 heteroatoms. The summed E-state index contributed by atoms with van der Waals surface area (Å²) in [6, 6.07) is 3.32. The van der Waals surface area contributed by atoms with Gasteiger partial charge in [-0.2, -0.15) is 0 Å². The Hall–Kier alpha value is -1.42. The van der Waals surface area contributed by atoms with Gasteiger partial charge in [-0.3, -0.25) is 4.79 Å². The standard InChI is InChI=1S/C24H36FNO2/c1-3-4-5-6-9-12-22(27)28-18-15-20-19(21(25)16-18)14-17-11-8-7-10-13-24(20,2)23(17)26/h15-17,23H,3-14,26H2,1-2H3. The Morgan fingerprint density at radius 3 is 2.79 bits per heavy atom. The fourth-order valence-corrected chi connectivity index (χ4v) is 5.19. The number of halogens is 1. The van der Waals surface area contributed by atoms with E-state index in [1.807, 2.05) is 6.07 Å². The molecule has 1 fully saturated rings. The minimum atomic E-state index is -0.267. The number of unbranched alkanes of at least 4 members (excludes halogenated alkanes) is 4. The van der Waals surface area contributed by atoms with E-state index in [4.69, 9.17) is 10.5 Å². The Balaban J connectivity index is 1.75. The van der Waals surface area contributed by atoms with Crippen LogP contribution in [0.4, 0.5) is 4.39 Å². The van der Waals surface area contributed by atoms with Gasteiger partial charge in [0.15, 0.2) is 0 Å². The molecule has 0 heterocycles. The van der Waals surface area contributed by atoms with E-state index in [1.54, 1.807) is 0 Å². The molecule has 0 aliphatic heterocycles. The van der Waals surface area contributed by atoms with Gasteiger partial charge in [0.05, 0.1) is 0 Å². The lowest BCUT2D eigenvalue weighted by molar-refractivity contribution is -0.134. The highest BCUT2D eigenvalue weighted by Gasteiger charge is 2.45. The highest BCUT2D eigenvalue weighted by Crippen LogP contribution is 2.47. The average molecular weight is 390 g/mol. The van der Waals surface area contributed by atoms with E-state index < -0.39 is 0 Å². The van der Waals surface area contributed by atoms with E-state index in [-0.39, 0.29) is 23.2 Å². The van der Waals surface area contributed by atoms with Crippen molar-refractivity contribution in [2.45, 2.75) is 102 Å². The molecule has 0 radical (unpaired) electrons. The predicted molar refractivity (Wildman–Crippen MR) is 111 cm³/mol. The fraction of sp³-hybridized carbons (Fsp3) is 0.708. The maximum Gasteiger partial charge on any atom is 0.311 e. The van der Waals surface area contributed by atoms with Crippen LogP contribution < -0.4 is 10.5 Å². The molecule has 3 unspecified atom stereocenters. The van der Waals surface area contributed by atoms with Gasteiger partial charge >= 0.3 is 5.97 Å². The summed E-state index contributed by atoms with van der Waals surface area (Å²) in [7, 11) is 0. The number of carbonyl (C=O) groups excluding carboxylic acids is 1. The number of benzene rings is 1. The predicted octanol–water partition coefficient (Wildman–Crippen LogP) is 5.81. The Morgan fingerprint density at radius 1 is 1.21 bits per heavy atom. The van der Waals surface area contributed by atoms with Gasteiger partial charge < -0.3 is 10.5 Å². The van der Waals surface area contributed by atoms with Crippen molar-refractivity contribution in [3.8, 4) is 5.75 Å². The summed E-state index contributed by atoms with van der Waals surface area (Å²) in [5, 5.41) is 0. The summed E-state index contributed by atoms with van der Waals surface area (Å²) in [5.41, 5.74) is 8.18. The fourth-order valence-electron chi connectivity index (χ4n) is 5.19. The van der Waals surface area contributed by atoms with Crippen molar-refractivity contribution in [2.75, 3.05) is 0 Å². The number of nitrogens with two attached hydrogens (primary N) is 1. The van der Waals surface area contributed by atoms with Crippen molar-refractivity contribution in [3.05, 3.63) is 29.1 Å². The van der Waals surface area contributed by atoms with Crippen LogP contribution >= 0.6 is 0 Å². The second kappa shape index (κ2) is 9.39. The number of hydrogen-bond acceptors (Lipinski definition) is 3. The third-order valence-corrected chi connectivity index (χ3v) is 6.98. The number of carbonyl (C=O) groups is 1. The van der Waals surface area contributed by atoms with Crippen molar-refractivity contribution < 1.29 is 13.9 Å². The first-order chi connectivity index (χ1) is 13.5. The molecule has 3 atom stereocenters. The Labute approximate surface area is 169 Å². The summed E-state index contributed by atoms with van der Waals surface area (Å²) in [6.07, 6.45) is 12.0. The minimum Gasteiger partial charge on any atom is -0.426 e. The molecule has 1 aromatic rings. The first kappa shape index (κ1) is 21.3. The SMILES string of the molecule is CCCCCCCC(=O)Oc1cc(F)c2c(c1)C1(C)CCCCCC(C2)C1N. The summed E-state index contributed by atoms with van der Waals surface area (Å²) in [6.45, 7) is 4.34. The number of esters is 1. The van der Waals surface area contributed by atoms with E-state index in [1.165, 1.54) is 31.7 Å². The zero-order valence-corrected chi connectivity index (χ0v) is 17.6. The van der Waals surface area contributed by atoms with E-state index >= 15 is 0 Å². The van der Waals surface area contributed by atoms with Gasteiger partial charge in [0.1, 0.15) is 11.6 Å². The minimum absolute atomic E-state index is 0.0317. The zero-order valence-electron chi connectivity index (χ0n) is 17.6. The third kappa shape index (κ3) is 4.59. The molecule has 2 aliphatic carbocycles. The van der Waals surface area contributed by atoms with Crippen LogP contribution in [0, 0.1) is 11.7 Å². The smallest absolute Gasteiger partial charge is 0.311 e. The molecule has 0 aromatic heterocycles. The zero-order chi connectivity index (χ0) is 20.1. The molecule has 2 aliphatic rings. The third-order valence-electron chi connectivity index (χ3n) is 6.98. The maximum atomic E-state index is 15.0. The summed E-state index contributed by atoms with van der Waals surface area (Å²) < 4.78 is 20.5. The van der Waals surface area contributed by atoms with Crippen molar-refractivity contribution in [1.82, 2.24) is 0 Å². The first-order valence-corrected chi connectivity index (χ1v) is 11.2. The lowest BCUT2D eigenvalue weighted by atomic mass is 9.60. The van der Waals surface area contributed by atoms with Gasteiger partial charge in [-0.25, -0.2) is 4.39 Å². The van der Waals surface area contributed by atoms with Crippen molar-refractivity contribution in [2.24, 2.45) is 11.7 Å². The van der Waals surface area contributed by atoms with Crippen LogP contribution in [0.5, 0.6) is 5.75 Å². The van der Waals surface area contributed by atoms with E-state index in [9.17, 15) is 9.18 Å². The molecule has 2 bridgehead atoms. The van der Waals surface area contributed by atoms with Crippen molar-refractivity contribution in [1.29, 1.82) is 0 Å². The topological polar surface area (TPSA) is 52.3 Å². The van der Waals surface area contributed by atoms with Crippen LogP contribution in [-0.2, 0) is 16.6 Å². The largest absolute Gasteiger partial charge is 0.426 e. The summed E-state index contributed by atoms with van der Waals surface area (Å²) in [4.78, 5) is 12.2. The molecule has 1 aromatic carbocycles. The van der Waals surface area contributed by atoms with Crippen LogP contribution in [0.15, 0.2) is 12.1 Å². The molecular weight excluding hydrogens is 353 g/mol. The molecule has 3 nitrogen and oxygen atoms in total. The van der Waals surface area contributed by atoms with Gasteiger partial charge in [0.2, 0.25) is 0 Å². The molecule has 0 spiro atoms. The molecule has 156 valence electrons. The molecule has 0 saturated heterocycles. The Kier molecular flexibility index (Phi) is 7.14. The second-order valence-electron chi connectivity index (χ2n) is 9.08. The monoisotopic (exact) mass is 389 g/mol. The lowest BCUT2D eigenvalue weighted by Gasteiger charge is -2.47. The van der Waals surface area contributed by atoms with Gasteiger partial charge in [-0.15, -0.1) is 0 Å². The highest BCUT2D eigenvalue weighted by molar-refractivity contribution is 5.72. The molecule has 3 rings (SSSR count). The van der Waals surface area contributed by atoms with Crippen LogP contribution in [0.25, 0.3) is 0 Å². The highest BCUT2D eigenvalue weighted by atomic mass is 19.1. The van der Waals surface area contributed by atoms with E-state index in [0.29, 0.717) is 24.5 Å². The normalized spacial score (nSPS) is 26.9. The number of rotatable bonds is 7. The summed E-state index contributed by atoms with van der Waals surface area (Å²) >= 11 is 0. The van der Waals surface area contributed by atoms with Crippen LogP contribution in [0.1, 0.15) is 95.6 Å². The van der Waals surface area contributed by atoms with Crippen LogP contribution in [-0.4, -0.2) is 12.0 Å². The molecule has 2 N–H and O–H groups in total. The van der Waals surface area contributed by atoms with Crippen molar-refractivity contribution >= 4 is 5.97 Å². The molecular formula is C24H36FNO2. The molecule has 1 saturated carbocycles. The van der Waals surface area contributed by atoms with Crippen LogP contribution in [0.3, 0.4) is 0 Å². The maximum absolute atomic E-state index is 15.0. The summed E-state index contributed by atoms with van der Waals surface area (Å²) in [5.74, 6) is 0.163. The Morgan fingerprint density at radius 2 is 2.00 bits per heavy atom. The average Bonchev–Trinajstić information content (AvgIpc) is 2.65. The first-order valence-electron chi connectivity index (χ1n) is 11.2. The lowest BCUT2D eigenvalue weighted by Crippen LogP contribution is -2.53. The number of hydrogen-bond donors (Lipinski definition) is 1. The van der Waals surface area contributed by atoms with Crippen LogP contribution in [0.2, 0.25) is 0 Å². The van der Waals surface area contributed by atoms with Gasteiger partial charge in [0.25, 0.3) is 0 Å². The van der Waals surface area contributed by atoms with Crippen molar-refractivity contribution in [3.63, 3.8) is 0 Å². The molecule has 28 heavy (non-hydrogen) atoms. The number of fused-ring (bicyclic) bond motifs is 4. The van der Waals surface area contributed by atoms with Gasteiger partial charge in [-0.05, 0) is 48.8 Å². The van der Waals surface area contributed by atoms with E-state index in [2.05, 4.69) is 13.8 Å². The quantitative estimate of drug-likeness (QED) is 0.363. The number of ether oxygens (including phenoxy) is 1. The molecule has 0 amide bonds.